The Bertz CT molecular complexity index is 667. The van der Waals surface area contributed by atoms with Crippen LogP contribution in [0.3, 0.4) is 0 Å². The predicted octanol–water partition coefficient (Wildman–Crippen LogP) is 6.00. The summed E-state index contributed by atoms with van der Waals surface area (Å²) in [4.78, 5) is 4.62. The molecule has 3 aromatic rings. The quantitative estimate of drug-likeness (QED) is 0.521. The van der Waals surface area contributed by atoms with Gasteiger partial charge in [0, 0.05) is 17.8 Å². The molecule has 2 unspecified atom stereocenters. The van der Waals surface area contributed by atoms with Crippen molar-refractivity contribution in [3.8, 4) is 0 Å². The van der Waals surface area contributed by atoms with E-state index in [4.69, 9.17) is 0 Å². The molecule has 24 heavy (non-hydrogen) atoms. The Balaban J connectivity index is 1.80. The van der Waals surface area contributed by atoms with Gasteiger partial charge in [0.15, 0.2) is 0 Å². The van der Waals surface area contributed by atoms with Crippen molar-refractivity contribution in [1.82, 2.24) is 4.98 Å². The maximum absolute atomic E-state index is 4.62. The summed E-state index contributed by atoms with van der Waals surface area (Å²) in [6, 6.07) is 27.7. The third kappa shape index (κ3) is 4.11. The van der Waals surface area contributed by atoms with Crippen LogP contribution < -0.4 is 0 Å². The van der Waals surface area contributed by atoms with Crippen molar-refractivity contribution in [2.75, 3.05) is 0 Å². The fourth-order valence-electron chi connectivity index (χ4n) is 3.32. The zero-order valence-corrected chi connectivity index (χ0v) is 14.0. The van der Waals surface area contributed by atoms with Crippen LogP contribution in [0.15, 0.2) is 85.1 Å². The summed E-state index contributed by atoms with van der Waals surface area (Å²) in [6.07, 6.45) is 5.01. The molecule has 2 aromatic carbocycles. The van der Waals surface area contributed by atoms with Gasteiger partial charge in [-0.2, -0.15) is 0 Å². The van der Waals surface area contributed by atoms with E-state index in [0.29, 0.717) is 11.8 Å². The second-order valence-corrected chi connectivity index (χ2v) is 6.19. The molecule has 1 nitrogen and oxygen atoms in total. The fourth-order valence-corrected chi connectivity index (χ4v) is 3.32. The van der Waals surface area contributed by atoms with Crippen LogP contribution in [0.1, 0.15) is 47.9 Å². The molecule has 2 atom stereocenters. The molecule has 0 N–H and O–H groups in total. The van der Waals surface area contributed by atoms with Crippen molar-refractivity contribution in [3.63, 3.8) is 0 Å². The molecule has 0 saturated carbocycles. The number of hydrogen-bond donors (Lipinski definition) is 0. The van der Waals surface area contributed by atoms with E-state index in [2.05, 4.69) is 84.7 Å². The van der Waals surface area contributed by atoms with E-state index < -0.39 is 0 Å². The predicted molar refractivity (Wildman–Crippen MR) is 101 cm³/mol. The second-order valence-electron chi connectivity index (χ2n) is 6.19. The van der Waals surface area contributed by atoms with Gasteiger partial charge < -0.3 is 0 Å². The summed E-state index contributed by atoms with van der Waals surface area (Å²) in [5, 5.41) is 0. The summed E-state index contributed by atoms with van der Waals surface area (Å²) in [5.74, 6) is 0.839. The van der Waals surface area contributed by atoms with Gasteiger partial charge in [-0.1, -0.05) is 73.7 Å². The van der Waals surface area contributed by atoms with Gasteiger partial charge in [-0.05, 0) is 48.4 Å². The molecular formula is C23H24N. The number of rotatable bonds is 7. The van der Waals surface area contributed by atoms with Crippen LogP contribution in [-0.4, -0.2) is 4.98 Å². The van der Waals surface area contributed by atoms with Crippen molar-refractivity contribution >= 4 is 0 Å². The SMILES string of the molecule is [CH2]CC(CCC(c1ccccc1)c1ccccn1)c1ccccc1. The molecule has 0 aliphatic carbocycles. The largest absolute Gasteiger partial charge is 0.261 e. The minimum Gasteiger partial charge on any atom is -0.261 e. The lowest BCUT2D eigenvalue weighted by atomic mass is 9.84. The highest BCUT2D eigenvalue weighted by Gasteiger charge is 2.18. The van der Waals surface area contributed by atoms with E-state index >= 15 is 0 Å². The molecule has 0 amide bonds. The maximum atomic E-state index is 4.62. The van der Waals surface area contributed by atoms with Gasteiger partial charge in [-0.15, -0.1) is 0 Å². The van der Waals surface area contributed by atoms with Gasteiger partial charge in [0.25, 0.3) is 0 Å². The summed E-state index contributed by atoms with van der Waals surface area (Å²) < 4.78 is 0. The standard InChI is InChI=1S/C23H24N/c1-2-19(20-11-5-3-6-12-20)16-17-22(21-13-7-4-8-14-21)23-15-9-10-18-24-23/h3-15,18-19,22H,1-2,16-17H2. The Morgan fingerprint density at radius 2 is 1.33 bits per heavy atom. The minimum atomic E-state index is 0.338. The van der Waals surface area contributed by atoms with Crippen LogP contribution in [0.25, 0.3) is 0 Å². The lowest BCUT2D eigenvalue weighted by Crippen LogP contribution is -2.06. The van der Waals surface area contributed by atoms with Gasteiger partial charge in [0.05, 0.1) is 0 Å². The zero-order valence-electron chi connectivity index (χ0n) is 14.0. The van der Waals surface area contributed by atoms with Crippen LogP contribution in [0.2, 0.25) is 0 Å². The first kappa shape index (κ1) is 16.4. The van der Waals surface area contributed by atoms with Gasteiger partial charge >= 0.3 is 0 Å². The van der Waals surface area contributed by atoms with E-state index in [1.54, 1.807) is 0 Å². The molecule has 1 heterocycles. The summed E-state index contributed by atoms with van der Waals surface area (Å²) in [5.41, 5.74) is 3.88. The highest BCUT2D eigenvalue weighted by molar-refractivity contribution is 5.28. The number of hydrogen-bond acceptors (Lipinski definition) is 1. The summed E-state index contributed by atoms with van der Waals surface area (Å²) in [6.45, 7) is 4.17. The molecule has 121 valence electrons. The number of benzene rings is 2. The monoisotopic (exact) mass is 314 g/mol. The Kier molecular flexibility index (Phi) is 5.79. The lowest BCUT2D eigenvalue weighted by molar-refractivity contribution is 0.557. The highest BCUT2D eigenvalue weighted by atomic mass is 14.7. The van der Waals surface area contributed by atoms with Crippen molar-refractivity contribution in [1.29, 1.82) is 0 Å². The Morgan fingerprint density at radius 3 is 1.92 bits per heavy atom. The lowest BCUT2D eigenvalue weighted by Gasteiger charge is -2.21. The van der Waals surface area contributed by atoms with Crippen LogP contribution in [0.4, 0.5) is 0 Å². The number of nitrogens with zero attached hydrogens (tertiary/aromatic N) is 1. The van der Waals surface area contributed by atoms with Crippen LogP contribution in [0, 0.1) is 6.92 Å². The Morgan fingerprint density at radius 1 is 0.708 bits per heavy atom. The smallest absolute Gasteiger partial charge is 0.0478 e. The molecule has 1 radical (unpaired) electrons. The molecule has 0 aliphatic heterocycles. The third-order valence-corrected chi connectivity index (χ3v) is 4.67. The third-order valence-electron chi connectivity index (χ3n) is 4.67. The molecule has 1 heteroatoms. The highest BCUT2D eigenvalue weighted by Crippen LogP contribution is 2.33. The zero-order chi connectivity index (χ0) is 16.6. The first-order valence-electron chi connectivity index (χ1n) is 8.68. The van der Waals surface area contributed by atoms with Crippen LogP contribution in [0.5, 0.6) is 0 Å². The van der Waals surface area contributed by atoms with Crippen molar-refractivity contribution in [2.24, 2.45) is 0 Å². The molecule has 0 fully saturated rings. The fraction of sp³-hybridized carbons (Fsp3) is 0.217. The normalized spacial score (nSPS) is 13.4. The molecular weight excluding hydrogens is 290 g/mol. The molecule has 0 bridgehead atoms. The number of aromatic nitrogens is 1. The average Bonchev–Trinajstić information content (AvgIpc) is 2.67. The van der Waals surface area contributed by atoms with E-state index in [-0.39, 0.29) is 0 Å². The molecule has 3 rings (SSSR count). The van der Waals surface area contributed by atoms with Crippen LogP contribution in [-0.2, 0) is 0 Å². The minimum absolute atomic E-state index is 0.338. The van der Waals surface area contributed by atoms with E-state index in [1.807, 2.05) is 12.3 Å². The summed E-state index contributed by atoms with van der Waals surface area (Å²) >= 11 is 0. The van der Waals surface area contributed by atoms with Crippen LogP contribution >= 0.6 is 0 Å². The molecule has 1 aromatic heterocycles. The van der Waals surface area contributed by atoms with Crippen molar-refractivity contribution in [2.45, 2.75) is 31.1 Å². The maximum Gasteiger partial charge on any atom is 0.0478 e. The average molecular weight is 314 g/mol. The van der Waals surface area contributed by atoms with Crippen molar-refractivity contribution in [3.05, 3.63) is 109 Å². The van der Waals surface area contributed by atoms with E-state index in [1.165, 1.54) is 11.1 Å². The van der Waals surface area contributed by atoms with E-state index in [0.717, 1.165) is 25.0 Å². The topological polar surface area (TPSA) is 12.9 Å². The molecule has 0 saturated heterocycles. The van der Waals surface area contributed by atoms with Gasteiger partial charge in [0.1, 0.15) is 0 Å². The Labute approximate surface area is 145 Å². The summed E-state index contributed by atoms with van der Waals surface area (Å²) in [7, 11) is 0. The first-order chi connectivity index (χ1) is 11.9. The van der Waals surface area contributed by atoms with E-state index in [9.17, 15) is 0 Å². The Hall–Kier alpha value is -2.41. The van der Waals surface area contributed by atoms with Crippen molar-refractivity contribution < 1.29 is 0 Å². The van der Waals surface area contributed by atoms with Gasteiger partial charge in [-0.25, -0.2) is 0 Å². The number of pyridine rings is 1. The molecule has 0 aliphatic rings. The van der Waals surface area contributed by atoms with Gasteiger partial charge in [0.2, 0.25) is 0 Å². The second kappa shape index (κ2) is 8.44. The van der Waals surface area contributed by atoms with Gasteiger partial charge in [-0.3, -0.25) is 4.98 Å². The molecule has 0 spiro atoms. The first-order valence-corrected chi connectivity index (χ1v) is 8.68.